The van der Waals surface area contributed by atoms with Gasteiger partial charge >= 0.3 is 0 Å². The average molecular weight is 931 g/mol. The number of quaternary nitrogens is 1. The fourth-order valence-corrected chi connectivity index (χ4v) is 11.9. The lowest BCUT2D eigenvalue weighted by Crippen LogP contribution is -2.31. The minimum Gasteiger partial charge on any atom is -0.310 e. The van der Waals surface area contributed by atoms with Crippen LogP contribution >= 0.6 is 0 Å². The highest BCUT2D eigenvalue weighted by molar-refractivity contribution is 6.11. The van der Waals surface area contributed by atoms with Crippen molar-refractivity contribution in [3.05, 3.63) is 291 Å². The predicted molar refractivity (Wildman–Crippen MR) is 308 cm³/mol. The summed E-state index contributed by atoms with van der Waals surface area (Å²) in [6.45, 7) is 0. The third kappa shape index (κ3) is 6.78. The van der Waals surface area contributed by atoms with Crippen molar-refractivity contribution in [1.29, 1.82) is 0 Å². The molecule has 0 unspecified atom stereocenters. The smallest absolute Gasteiger partial charge is 0.158 e. The van der Waals surface area contributed by atoms with E-state index in [0.717, 1.165) is 33.9 Å². The van der Waals surface area contributed by atoms with Crippen LogP contribution in [-0.4, -0.2) is 4.57 Å². The molecule has 0 spiro atoms. The molecule has 342 valence electrons. The topological polar surface area (TPSA) is 8.17 Å². The summed E-state index contributed by atoms with van der Waals surface area (Å²) in [6.07, 6.45) is 0. The van der Waals surface area contributed by atoms with Crippen LogP contribution in [0.15, 0.2) is 291 Å². The molecule has 0 N–H and O–H groups in total. The van der Waals surface area contributed by atoms with Gasteiger partial charge in [-0.1, -0.05) is 194 Å². The van der Waals surface area contributed by atoms with Gasteiger partial charge in [-0.05, 0) is 105 Å². The van der Waals surface area contributed by atoms with E-state index in [1.165, 1.54) is 88.7 Å². The van der Waals surface area contributed by atoms with Crippen molar-refractivity contribution in [3.63, 3.8) is 0 Å². The summed E-state index contributed by atoms with van der Waals surface area (Å²) < 4.78 is 2.87. The van der Waals surface area contributed by atoms with Gasteiger partial charge in [0.2, 0.25) is 0 Å². The zero-order valence-electron chi connectivity index (χ0n) is 40.1. The van der Waals surface area contributed by atoms with Gasteiger partial charge in [0, 0.05) is 64.2 Å². The number of aromatic nitrogens is 1. The Morgan fingerprint density at radius 3 is 1.41 bits per heavy atom. The molecular formula is C70H48N3+. The van der Waals surface area contributed by atoms with Gasteiger partial charge in [-0.15, -0.1) is 0 Å². The average Bonchev–Trinajstić information content (AvgIpc) is 3.99. The molecule has 2 heterocycles. The second-order valence-corrected chi connectivity index (χ2v) is 19.0. The summed E-state index contributed by atoms with van der Waals surface area (Å²) in [7, 11) is 0. The van der Waals surface area contributed by atoms with Crippen LogP contribution < -0.4 is 9.38 Å². The van der Waals surface area contributed by atoms with E-state index in [2.05, 4.69) is 301 Å². The minimum atomic E-state index is 0.472. The van der Waals surface area contributed by atoms with Crippen LogP contribution in [0.3, 0.4) is 0 Å². The van der Waals surface area contributed by atoms with Gasteiger partial charge in [0.25, 0.3) is 0 Å². The lowest BCUT2D eigenvalue weighted by atomic mass is 9.91. The second-order valence-electron chi connectivity index (χ2n) is 19.0. The molecule has 0 saturated heterocycles. The molecule has 0 bridgehead atoms. The SMILES string of the molecule is c1ccc(-c2cccc3cccc(-c4ccc(N(c5ccc(-c6cccc(-n7c8ccccc8c8ccccc87)c6)cc5)c5cccc6c5-c5ccccc5[N+]6(c5ccccc5)c5ccccc5)cc4)c23)cc1. The number of fused-ring (bicyclic) bond motifs is 7. The van der Waals surface area contributed by atoms with E-state index in [4.69, 9.17) is 0 Å². The van der Waals surface area contributed by atoms with Crippen molar-refractivity contribution in [3.8, 4) is 50.2 Å². The number of hydrogen-bond donors (Lipinski definition) is 0. The zero-order valence-corrected chi connectivity index (χ0v) is 40.1. The van der Waals surface area contributed by atoms with Gasteiger partial charge in [0.05, 0.1) is 27.8 Å². The van der Waals surface area contributed by atoms with Crippen LogP contribution in [-0.2, 0) is 0 Å². The molecule has 0 fully saturated rings. The lowest BCUT2D eigenvalue weighted by molar-refractivity contribution is 0.721. The summed E-state index contributed by atoms with van der Waals surface area (Å²) in [6, 6.07) is 107. The summed E-state index contributed by atoms with van der Waals surface area (Å²) in [5, 5.41) is 5.00. The Hall–Kier alpha value is -9.54. The normalized spacial score (nSPS) is 12.5. The molecule has 3 heteroatoms. The second kappa shape index (κ2) is 17.4. The first kappa shape index (κ1) is 42.3. The third-order valence-corrected chi connectivity index (χ3v) is 15.0. The van der Waals surface area contributed by atoms with Crippen LogP contribution in [0.2, 0.25) is 0 Å². The monoisotopic (exact) mass is 930 g/mol. The van der Waals surface area contributed by atoms with Gasteiger partial charge in [-0.25, -0.2) is 0 Å². The van der Waals surface area contributed by atoms with E-state index in [1.54, 1.807) is 0 Å². The highest BCUT2D eigenvalue weighted by Crippen LogP contribution is 2.65. The van der Waals surface area contributed by atoms with Crippen molar-refractivity contribution in [2.45, 2.75) is 0 Å². The Morgan fingerprint density at radius 1 is 0.315 bits per heavy atom. The maximum atomic E-state index is 2.46. The lowest BCUT2D eigenvalue weighted by Gasteiger charge is -2.34. The van der Waals surface area contributed by atoms with E-state index < -0.39 is 0 Å². The van der Waals surface area contributed by atoms with Gasteiger partial charge < -0.3 is 9.47 Å². The Bertz CT molecular complexity index is 4080. The molecule has 14 rings (SSSR count). The van der Waals surface area contributed by atoms with Crippen LogP contribution in [0, 0.1) is 0 Å². The Kier molecular flexibility index (Phi) is 10.1. The molecule has 1 aliphatic heterocycles. The molecule has 1 aliphatic rings. The first-order valence-electron chi connectivity index (χ1n) is 25.1. The molecule has 0 saturated carbocycles. The van der Waals surface area contributed by atoms with Gasteiger partial charge in [0.1, 0.15) is 11.4 Å². The predicted octanol–water partition coefficient (Wildman–Crippen LogP) is 19.7. The quantitative estimate of drug-likeness (QED) is 0.131. The van der Waals surface area contributed by atoms with Gasteiger partial charge in [-0.2, -0.15) is 4.48 Å². The molecule has 3 nitrogen and oxygen atoms in total. The third-order valence-electron chi connectivity index (χ3n) is 15.0. The Balaban J connectivity index is 0.944. The number of rotatable bonds is 9. The van der Waals surface area contributed by atoms with E-state index in [0.29, 0.717) is 4.48 Å². The molecule has 13 aromatic rings. The zero-order chi connectivity index (χ0) is 48.3. The maximum Gasteiger partial charge on any atom is 0.158 e. The summed E-state index contributed by atoms with van der Waals surface area (Å²) in [4.78, 5) is 2.46. The van der Waals surface area contributed by atoms with Gasteiger partial charge in [0.15, 0.2) is 11.4 Å². The van der Waals surface area contributed by atoms with Crippen molar-refractivity contribution < 1.29 is 0 Å². The van der Waals surface area contributed by atoms with Crippen molar-refractivity contribution in [2.75, 3.05) is 4.90 Å². The fraction of sp³-hybridized carbons (Fsp3) is 0. The first-order valence-corrected chi connectivity index (χ1v) is 25.1. The molecule has 0 aliphatic carbocycles. The van der Waals surface area contributed by atoms with Crippen LogP contribution in [0.25, 0.3) is 82.8 Å². The van der Waals surface area contributed by atoms with Crippen LogP contribution in [0.5, 0.6) is 0 Å². The summed E-state index contributed by atoms with van der Waals surface area (Å²) in [5.41, 5.74) is 21.2. The van der Waals surface area contributed by atoms with Crippen molar-refractivity contribution in [2.24, 2.45) is 0 Å². The fourth-order valence-electron chi connectivity index (χ4n) is 11.9. The van der Waals surface area contributed by atoms with E-state index >= 15 is 0 Å². The van der Waals surface area contributed by atoms with E-state index in [9.17, 15) is 0 Å². The molecular weight excluding hydrogens is 883 g/mol. The molecule has 0 atom stereocenters. The molecule has 0 radical (unpaired) electrons. The number of para-hydroxylation sites is 5. The summed E-state index contributed by atoms with van der Waals surface area (Å²) in [5.74, 6) is 0. The van der Waals surface area contributed by atoms with Gasteiger partial charge in [-0.3, -0.25) is 0 Å². The molecule has 1 aromatic heterocycles. The Labute approximate surface area is 425 Å². The Morgan fingerprint density at radius 2 is 0.781 bits per heavy atom. The molecule has 73 heavy (non-hydrogen) atoms. The van der Waals surface area contributed by atoms with E-state index in [1.807, 2.05) is 0 Å². The number of hydrogen-bond acceptors (Lipinski definition) is 1. The number of anilines is 3. The summed E-state index contributed by atoms with van der Waals surface area (Å²) >= 11 is 0. The van der Waals surface area contributed by atoms with E-state index in [-0.39, 0.29) is 0 Å². The minimum absolute atomic E-state index is 0.472. The van der Waals surface area contributed by atoms with Crippen LogP contribution in [0.1, 0.15) is 0 Å². The van der Waals surface area contributed by atoms with Crippen molar-refractivity contribution in [1.82, 2.24) is 9.05 Å². The highest BCUT2D eigenvalue weighted by Gasteiger charge is 2.49. The number of benzene rings is 12. The number of nitrogens with zero attached hydrogens (tertiary/aromatic N) is 3. The maximum absolute atomic E-state index is 2.46. The molecule has 12 aromatic carbocycles. The largest absolute Gasteiger partial charge is 0.310 e. The van der Waals surface area contributed by atoms with Crippen LogP contribution in [0.4, 0.5) is 39.8 Å². The standard InChI is InChI=1S/C70H48N3/c1-4-20-50(21-5-1)59-33-17-22-52-23-18-34-60(69(52)59)51-42-46-55(47-43-51)71(54-44-40-49(41-45-54)53-24-16-25-56(48-53)72-64-35-13-10-30-61(64)62-31-11-14-36-65(62)72)66-37-19-39-68-70(66)63-32-12-15-38-67(63)73(68,57-26-6-2-7-27-57)58-28-8-3-9-29-58/h1-48H/q+1. The first-order chi connectivity index (χ1) is 36.2. The van der Waals surface area contributed by atoms with Crippen molar-refractivity contribution >= 4 is 72.4 Å². The molecule has 0 amide bonds. The highest BCUT2D eigenvalue weighted by atomic mass is 15.4.